The molecule has 1 heterocycles. The average molecular weight is 272 g/mol. The molecule has 0 radical (unpaired) electrons. The summed E-state index contributed by atoms with van der Waals surface area (Å²) in [7, 11) is 0. The Morgan fingerprint density at radius 1 is 1.10 bits per heavy atom. The Bertz CT molecular complexity index is 576. The smallest absolute Gasteiger partial charge is 0.251 e. The minimum absolute atomic E-state index is 0.0769. The molecule has 2 aromatic rings. The van der Waals surface area contributed by atoms with Crippen molar-refractivity contribution in [1.82, 2.24) is 20.8 Å². The lowest BCUT2D eigenvalue weighted by Gasteiger charge is -2.06. The first kappa shape index (κ1) is 13.8. The van der Waals surface area contributed by atoms with Crippen LogP contribution in [0.2, 0.25) is 0 Å². The van der Waals surface area contributed by atoms with E-state index in [1.165, 1.54) is 6.92 Å². The summed E-state index contributed by atoms with van der Waals surface area (Å²) in [5, 5.41) is 12.0. The third kappa shape index (κ3) is 3.94. The predicted octanol–water partition coefficient (Wildman–Crippen LogP) is 0.976. The fraction of sp³-hybridized carbons (Fsp3) is 0.214. The lowest BCUT2D eigenvalue weighted by Crippen LogP contribution is -2.22. The largest absolute Gasteiger partial charge is 0.352 e. The first-order chi connectivity index (χ1) is 9.65. The number of carbonyl (C=O) groups is 2. The normalized spacial score (nSPS) is 10.1. The monoisotopic (exact) mass is 272 g/mol. The Hall–Kier alpha value is -2.63. The molecule has 0 atom stereocenters. The number of aromatic amines is 1. The van der Waals surface area contributed by atoms with Gasteiger partial charge in [0.2, 0.25) is 5.91 Å². The van der Waals surface area contributed by atoms with Gasteiger partial charge in [0, 0.05) is 37.3 Å². The topological polar surface area (TPSA) is 86.9 Å². The molecule has 6 heteroatoms. The summed E-state index contributed by atoms with van der Waals surface area (Å²) < 4.78 is 0. The molecule has 6 nitrogen and oxygen atoms in total. The van der Waals surface area contributed by atoms with Crippen LogP contribution in [0.15, 0.2) is 36.7 Å². The zero-order valence-corrected chi connectivity index (χ0v) is 11.1. The van der Waals surface area contributed by atoms with Gasteiger partial charge in [0.25, 0.3) is 5.91 Å². The highest BCUT2D eigenvalue weighted by molar-refractivity contribution is 5.94. The van der Waals surface area contributed by atoms with Crippen molar-refractivity contribution in [3.8, 4) is 0 Å². The summed E-state index contributed by atoms with van der Waals surface area (Å²) in [4.78, 5) is 22.7. The number of hydrogen-bond acceptors (Lipinski definition) is 3. The molecule has 2 rings (SSSR count). The van der Waals surface area contributed by atoms with Crippen molar-refractivity contribution >= 4 is 11.8 Å². The van der Waals surface area contributed by atoms with Crippen molar-refractivity contribution in [1.29, 1.82) is 0 Å². The van der Waals surface area contributed by atoms with Crippen molar-refractivity contribution in [2.75, 3.05) is 0 Å². The number of rotatable bonds is 5. The fourth-order valence-corrected chi connectivity index (χ4v) is 1.66. The van der Waals surface area contributed by atoms with Crippen LogP contribution in [0, 0.1) is 0 Å². The Labute approximate surface area is 116 Å². The Morgan fingerprint density at radius 3 is 2.40 bits per heavy atom. The van der Waals surface area contributed by atoms with Crippen LogP contribution in [-0.4, -0.2) is 22.0 Å². The van der Waals surface area contributed by atoms with E-state index in [1.807, 2.05) is 12.1 Å². The van der Waals surface area contributed by atoms with Crippen LogP contribution >= 0.6 is 0 Å². The number of carbonyl (C=O) groups excluding carboxylic acids is 2. The van der Waals surface area contributed by atoms with Crippen LogP contribution < -0.4 is 10.6 Å². The second-order valence-corrected chi connectivity index (χ2v) is 4.40. The number of nitrogens with one attached hydrogen (secondary N) is 3. The summed E-state index contributed by atoms with van der Waals surface area (Å²) in [6, 6.07) is 7.12. The first-order valence-corrected chi connectivity index (χ1v) is 6.24. The molecule has 20 heavy (non-hydrogen) atoms. The molecule has 0 fully saturated rings. The standard InChI is InChI=1S/C14H16N4O2/c1-10(19)15-6-11-2-4-13(5-3-11)14(20)16-7-12-8-17-18-9-12/h2-5,8-9H,6-7H2,1H3,(H,15,19)(H,16,20)(H,17,18). The van der Waals surface area contributed by atoms with Crippen molar-refractivity contribution in [2.45, 2.75) is 20.0 Å². The number of nitrogens with zero attached hydrogens (tertiary/aromatic N) is 1. The molecule has 0 aliphatic rings. The van der Waals surface area contributed by atoms with Crippen molar-refractivity contribution < 1.29 is 9.59 Å². The maximum Gasteiger partial charge on any atom is 0.251 e. The molecular weight excluding hydrogens is 256 g/mol. The molecule has 0 aliphatic carbocycles. The minimum atomic E-state index is -0.141. The van der Waals surface area contributed by atoms with Crippen LogP contribution in [-0.2, 0) is 17.9 Å². The van der Waals surface area contributed by atoms with Gasteiger partial charge >= 0.3 is 0 Å². The highest BCUT2D eigenvalue weighted by Gasteiger charge is 2.05. The van der Waals surface area contributed by atoms with Crippen LogP contribution in [0.3, 0.4) is 0 Å². The molecule has 3 N–H and O–H groups in total. The van der Waals surface area contributed by atoms with Gasteiger partial charge in [0.15, 0.2) is 0 Å². The lowest BCUT2D eigenvalue weighted by atomic mass is 10.1. The van der Waals surface area contributed by atoms with E-state index in [1.54, 1.807) is 24.5 Å². The minimum Gasteiger partial charge on any atom is -0.352 e. The number of benzene rings is 1. The zero-order valence-electron chi connectivity index (χ0n) is 11.1. The second-order valence-electron chi connectivity index (χ2n) is 4.40. The highest BCUT2D eigenvalue weighted by atomic mass is 16.2. The van der Waals surface area contributed by atoms with Crippen molar-refractivity contribution in [2.24, 2.45) is 0 Å². The van der Waals surface area contributed by atoms with Crippen molar-refractivity contribution in [3.05, 3.63) is 53.3 Å². The quantitative estimate of drug-likeness (QED) is 0.758. The van der Waals surface area contributed by atoms with Gasteiger partial charge in [-0.2, -0.15) is 5.10 Å². The van der Waals surface area contributed by atoms with E-state index in [0.717, 1.165) is 11.1 Å². The third-order valence-corrected chi connectivity index (χ3v) is 2.77. The molecule has 0 saturated carbocycles. The van der Waals surface area contributed by atoms with Gasteiger partial charge in [-0.15, -0.1) is 0 Å². The van der Waals surface area contributed by atoms with Gasteiger partial charge < -0.3 is 10.6 Å². The molecule has 0 spiro atoms. The van der Waals surface area contributed by atoms with E-state index < -0.39 is 0 Å². The summed E-state index contributed by atoms with van der Waals surface area (Å²) in [5.41, 5.74) is 2.45. The van der Waals surface area contributed by atoms with Gasteiger partial charge in [-0.1, -0.05) is 12.1 Å². The van der Waals surface area contributed by atoms with E-state index in [4.69, 9.17) is 0 Å². The molecule has 2 amide bonds. The summed E-state index contributed by atoms with van der Waals surface area (Å²) in [6.45, 7) is 2.37. The summed E-state index contributed by atoms with van der Waals surface area (Å²) in [5.74, 6) is -0.218. The van der Waals surface area contributed by atoms with Gasteiger partial charge in [0.05, 0.1) is 6.20 Å². The van der Waals surface area contributed by atoms with Crippen molar-refractivity contribution in [3.63, 3.8) is 0 Å². The van der Waals surface area contributed by atoms with Gasteiger partial charge in [0.1, 0.15) is 0 Å². The Morgan fingerprint density at radius 2 is 1.80 bits per heavy atom. The Kier molecular flexibility index (Phi) is 4.49. The molecule has 0 bridgehead atoms. The molecule has 0 saturated heterocycles. The van der Waals surface area contributed by atoms with E-state index >= 15 is 0 Å². The summed E-state index contributed by atoms with van der Waals surface area (Å²) >= 11 is 0. The zero-order chi connectivity index (χ0) is 14.4. The number of hydrogen-bond donors (Lipinski definition) is 3. The first-order valence-electron chi connectivity index (χ1n) is 6.24. The van der Waals surface area contributed by atoms with Crippen LogP contribution in [0.1, 0.15) is 28.4 Å². The molecule has 1 aromatic heterocycles. The van der Waals surface area contributed by atoms with E-state index in [2.05, 4.69) is 20.8 Å². The molecule has 1 aromatic carbocycles. The average Bonchev–Trinajstić information content (AvgIpc) is 2.96. The van der Waals surface area contributed by atoms with Crippen LogP contribution in [0.25, 0.3) is 0 Å². The van der Waals surface area contributed by atoms with Gasteiger partial charge in [-0.05, 0) is 17.7 Å². The van der Waals surface area contributed by atoms with E-state index in [0.29, 0.717) is 18.7 Å². The number of amides is 2. The third-order valence-electron chi connectivity index (χ3n) is 2.77. The number of aromatic nitrogens is 2. The number of H-pyrrole nitrogens is 1. The van der Waals surface area contributed by atoms with Gasteiger partial charge in [-0.25, -0.2) is 0 Å². The predicted molar refractivity (Wildman–Crippen MR) is 73.7 cm³/mol. The summed E-state index contributed by atoms with van der Waals surface area (Å²) in [6.07, 6.45) is 3.40. The molecule has 0 aliphatic heterocycles. The molecule has 0 unspecified atom stereocenters. The van der Waals surface area contributed by atoms with Crippen LogP contribution in [0.4, 0.5) is 0 Å². The molecular formula is C14H16N4O2. The maximum absolute atomic E-state index is 11.9. The SMILES string of the molecule is CC(=O)NCc1ccc(C(=O)NCc2cn[nH]c2)cc1. The fourth-order valence-electron chi connectivity index (χ4n) is 1.66. The maximum atomic E-state index is 11.9. The van der Waals surface area contributed by atoms with Crippen LogP contribution in [0.5, 0.6) is 0 Å². The Balaban J connectivity index is 1.88. The highest BCUT2D eigenvalue weighted by Crippen LogP contribution is 2.05. The van der Waals surface area contributed by atoms with E-state index in [9.17, 15) is 9.59 Å². The van der Waals surface area contributed by atoms with E-state index in [-0.39, 0.29) is 11.8 Å². The lowest BCUT2D eigenvalue weighted by molar-refractivity contribution is -0.119. The second kappa shape index (κ2) is 6.51. The molecule has 104 valence electrons. The van der Waals surface area contributed by atoms with Gasteiger partial charge in [-0.3, -0.25) is 14.7 Å².